The fourth-order valence-corrected chi connectivity index (χ4v) is 2.83. The quantitative estimate of drug-likeness (QED) is 0.386. The van der Waals surface area contributed by atoms with Crippen molar-refractivity contribution in [1.82, 2.24) is 10.4 Å². The molecule has 0 atom stereocenters. The van der Waals surface area contributed by atoms with Gasteiger partial charge in [0.05, 0.1) is 22.5 Å². The number of hydrogen-bond acceptors (Lipinski definition) is 3. The van der Waals surface area contributed by atoms with Crippen molar-refractivity contribution in [2.24, 2.45) is 5.10 Å². The second-order valence-corrected chi connectivity index (χ2v) is 6.73. The minimum atomic E-state index is -4.56. The lowest BCUT2D eigenvalue weighted by atomic mass is 10.2. The second kappa shape index (κ2) is 9.00. The second-order valence-electron chi connectivity index (χ2n) is 6.32. The van der Waals surface area contributed by atoms with Gasteiger partial charge in [-0.25, -0.2) is 5.43 Å². The van der Waals surface area contributed by atoms with E-state index in [2.05, 4.69) is 20.8 Å². The van der Waals surface area contributed by atoms with E-state index in [0.29, 0.717) is 0 Å². The molecule has 3 rings (SSSR count). The molecule has 0 fully saturated rings. The molecule has 0 unspecified atom stereocenters. The van der Waals surface area contributed by atoms with Gasteiger partial charge < -0.3 is 10.3 Å². The van der Waals surface area contributed by atoms with Crippen LogP contribution in [0.4, 0.5) is 18.9 Å². The van der Waals surface area contributed by atoms with Crippen molar-refractivity contribution in [1.29, 1.82) is 0 Å². The molecular formula is C20H16ClF3N4O2. The lowest BCUT2D eigenvalue weighted by molar-refractivity contribution is -0.137. The zero-order chi connectivity index (χ0) is 21.7. The summed E-state index contributed by atoms with van der Waals surface area (Å²) in [4.78, 5) is 26.9. The predicted molar refractivity (Wildman–Crippen MR) is 108 cm³/mol. The molecule has 0 spiro atoms. The van der Waals surface area contributed by atoms with Crippen LogP contribution in [0.3, 0.4) is 0 Å². The first-order valence-corrected chi connectivity index (χ1v) is 9.16. The van der Waals surface area contributed by atoms with E-state index in [0.717, 1.165) is 34.7 Å². The number of alkyl halides is 3. The molecule has 2 aromatic carbocycles. The number of rotatable bonds is 6. The fraction of sp³-hybridized carbons (Fsp3) is 0.150. The van der Waals surface area contributed by atoms with Gasteiger partial charge in [0.2, 0.25) is 11.8 Å². The Balaban J connectivity index is 1.51. The minimum absolute atomic E-state index is 0.0378. The van der Waals surface area contributed by atoms with Crippen LogP contribution < -0.4 is 10.7 Å². The Bertz CT molecular complexity index is 1110. The van der Waals surface area contributed by atoms with Gasteiger partial charge in [0.15, 0.2) is 0 Å². The van der Waals surface area contributed by atoms with Gasteiger partial charge in [-0.3, -0.25) is 9.59 Å². The highest BCUT2D eigenvalue weighted by molar-refractivity contribution is 6.33. The molecule has 10 heteroatoms. The average molecular weight is 437 g/mol. The number of aromatic nitrogens is 1. The number of carbonyl (C=O) groups excluding carboxylic acids is 2. The molecule has 156 valence electrons. The Labute approximate surface area is 174 Å². The number of fused-ring (bicyclic) bond motifs is 1. The number of hydrogen-bond donors (Lipinski definition) is 3. The molecule has 0 bridgehead atoms. The van der Waals surface area contributed by atoms with E-state index in [4.69, 9.17) is 11.6 Å². The maximum Gasteiger partial charge on any atom is 0.416 e. The van der Waals surface area contributed by atoms with Crippen molar-refractivity contribution in [2.75, 3.05) is 5.32 Å². The van der Waals surface area contributed by atoms with Gasteiger partial charge in [-0.15, -0.1) is 0 Å². The number of nitrogens with zero attached hydrogens (tertiary/aromatic N) is 1. The first-order valence-electron chi connectivity index (χ1n) is 8.78. The van der Waals surface area contributed by atoms with Gasteiger partial charge in [0.1, 0.15) is 0 Å². The van der Waals surface area contributed by atoms with E-state index in [9.17, 15) is 22.8 Å². The van der Waals surface area contributed by atoms with Gasteiger partial charge in [0.25, 0.3) is 0 Å². The Hall–Kier alpha value is -3.33. The number of halogens is 4. The molecule has 0 aliphatic heterocycles. The molecule has 0 saturated heterocycles. The third kappa shape index (κ3) is 5.38. The molecule has 1 heterocycles. The van der Waals surface area contributed by atoms with E-state index in [-0.39, 0.29) is 23.6 Å². The fourth-order valence-electron chi connectivity index (χ4n) is 2.67. The van der Waals surface area contributed by atoms with Crippen LogP contribution in [0.25, 0.3) is 10.9 Å². The number of H-pyrrole nitrogens is 1. The summed E-state index contributed by atoms with van der Waals surface area (Å²) in [6, 6.07) is 10.2. The summed E-state index contributed by atoms with van der Waals surface area (Å²) >= 11 is 5.83. The number of nitrogens with one attached hydrogen (secondary N) is 3. The number of hydrazone groups is 1. The molecule has 0 aliphatic carbocycles. The van der Waals surface area contributed by atoms with Crippen LogP contribution in [0, 0.1) is 0 Å². The Morgan fingerprint density at radius 3 is 2.60 bits per heavy atom. The smallest absolute Gasteiger partial charge is 0.361 e. The summed E-state index contributed by atoms with van der Waals surface area (Å²) in [6.07, 6.45) is -1.80. The Morgan fingerprint density at radius 1 is 1.10 bits per heavy atom. The first-order chi connectivity index (χ1) is 14.2. The van der Waals surface area contributed by atoms with Crippen LogP contribution >= 0.6 is 11.6 Å². The van der Waals surface area contributed by atoms with E-state index in [1.54, 1.807) is 6.20 Å². The normalized spacial score (nSPS) is 11.7. The number of aromatic amines is 1. The molecule has 0 aliphatic rings. The number of anilines is 1. The summed E-state index contributed by atoms with van der Waals surface area (Å²) in [5.74, 6) is -1.16. The van der Waals surface area contributed by atoms with Crippen LogP contribution in [-0.2, 0) is 15.8 Å². The molecule has 0 saturated carbocycles. The van der Waals surface area contributed by atoms with Crippen LogP contribution in [0.1, 0.15) is 24.0 Å². The lowest BCUT2D eigenvalue weighted by Crippen LogP contribution is -2.21. The van der Waals surface area contributed by atoms with Crippen molar-refractivity contribution in [2.45, 2.75) is 19.0 Å². The minimum Gasteiger partial charge on any atom is -0.361 e. The summed E-state index contributed by atoms with van der Waals surface area (Å²) in [7, 11) is 0. The van der Waals surface area contributed by atoms with E-state index in [1.165, 1.54) is 6.21 Å². The van der Waals surface area contributed by atoms with E-state index < -0.39 is 23.6 Å². The predicted octanol–water partition coefficient (Wildman–Crippen LogP) is 4.71. The maximum atomic E-state index is 12.8. The van der Waals surface area contributed by atoms with Gasteiger partial charge in [0, 0.05) is 35.5 Å². The lowest BCUT2D eigenvalue weighted by Gasteiger charge is -2.11. The van der Waals surface area contributed by atoms with Crippen molar-refractivity contribution in [3.63, 3.8) is 0 Å². The van der Waals surface area contributed by atoms with Crippen molar-refractivity contribution < 1.29 is 22.8 Å². The summed E-state index contributed by atoms with van der Waals surface area (Å²) < 4.78 is 38.3. The molecule has 3 N–H and O–H groups in total. The molecule has 2 amide bonds. The highest BCUT2D eigenvalue weighted by Gasteiger charge is 2.31. The molecule has 0 radical (unpaired) electrons. The van der Waals surface area contributed by atoms with Crippen molar-refractivity contribution >= 4 is 46.2 Å². The topological polar surface area (TPSA) is 86.3 Å². The molecular weight excluding hydrogens is 421 g/mol. The SMILES string of the molecule is O=C(CCC(=O)Nc1cc(C(F)(F)F)ccc1Cl)N/N=C/c1c[nH]c2ccccc12. The summed E-state index contributed by atoms with van der Waals surface area (Å²) in [6.45, 7) is 0. The van der Waals surface area contributed by atoms with Gasteiger partial charge in [-0.1, -0.05) is 29.8 Å². The number of carbonyl (C=O) groups is 2. The number of benzene rings is 2. The van der Waals surface area contributed by atoms with Crippen molar-refractivity contribution in [3.05, 3.63) is 64.8 Å². The highest BCUT2D eigenvalue weighted by atomic mass is 35.5. The Kier molecular flexibility index (Phi) is 6.41. The zero-order valence-corrected chi connectivity index (χ0v) is 16.1. The average Bonchev–Trinajstić information content (AvgIpc) is 3.10. The van der Waals surface area contributed by atoms with Gasteiger partial charge in [-0.05, 0) is 24.3 Å². The molecule has 30 heavy (non-hydrogen) atoms. The third-order valence-electron chi connectivity index (χ3n) is 4.16. The Morgan fingerprint density at radius 2 is 1.83 bits per heavy atom. The van der Waals surface area contributed by atoms with Crippen LogP contribution in [-0.4, -0.2) is 23.0 Å². The maximum absolute atomic E-state index is 12.8. The standard InChI is InChI=1S/C20H16ClF3N4O2/c21-15-6-5-13(20(22,23)24)9-17(15)27-18(29)7-8-19(30)28-26-11-12-10-25-16-4-2-1-3-14(12)16/h1-6,9-11,25H,7-8H2,(H,27,29)(H,28,30)/b26-11+. The zero-order valence-electron chi connectivity index (χ0n) is 15.4. The van der Waals surface area contributed by atoms with Crippen LogP contribution in [0.5, 0.6) is 0 Å². The molecule has 6 nitrogen and oxygen atoms in total. The first kappa shape index (κ1) is 21.4. The summed E-state index contributed by atoms with van der Waals surface area (Å²) in [5.41, 5.74) is 2.90. The van der Waals surface area contributed by atoms with Crippen molar-refractivity contribution in [3.8, 4) is 0 Å². The van der Waals surface area contributed by atoms with E-state index in [1.807, 2.05) is 24.3 Å². The number of amides is 2. The van der Waals surface area contributed by atoms with Gasteiger partial charge in [-0.2, -0.15) is 18.3 Å². The number of para-hydroxylation sites is 1. The van der Waals surface area contributed by atoms with Crippen LogP contribution in [0.15, 0.2) is 53.8 Å². The molecule has 1 aromatic heterocycles. The monoisotopic (exact) mass is 436 g/mol. The summed E-state index contributed by atoms with van der Waals surface area (Å²) in [5, 5.41) is 7.04. The third-order valence-corrected chi connectivity index (χ3v) is 4.49. The molecule has 3 aromatic rings. The largest absolute Gasteiger partial charge is 0.416 e. The van der Waals surface area contributed by atoms with Crippen LogP contribution in [0.2, 0.25) is 5.02 Å². The van der Waals surface area contributed by atoms with E-state index >= 15 is 0 Å². The van der Waals surface area contributed by atoms with Gasteiger partial charge >= 0.3 is 6.18 Å². The highest BCUT2D eigenvalue weighted by Crippen LogP contribution is 2.33.